The van der Waals surface area contributed by atoms with Crippen LogP contribution in [0.25, 0.3) is 0 Å². The van der Waals surface area contributed by atoms with Crippen molar-refractivity contribution >= 4 is 44.0 Å². The molecule has 0 saturated heterocycles. The fourth-order valence-electron chi connectivity index (χ4n) is 1.30. The molecule has 6 heteroatoms. The van der Waals surface area contributed by atoms with E-state index in [0.29, 0.717) is 6.54 Å². The van der Waals surface area contributed by atoms with Crippen LogP contribution in [0.2, 0.25) is 5.02 Å². The van der Waals surface area contributed by atoms with Crippen molar-refractivity contribution in [3.63, 3.8) is 0 Å². The first-order valence-electron chi connectivity index (χ1n) is 5.19. The summed E-state index contributed by atoms with van der Waals surface area (Å²) >= 11 is 10.9. The summed E-state index contributed by atoms with van der Waals surface area (Å²) in [5.74, 6) is 0. The second-order valence-electron chi connectivity index (χ2n) is 3.46. The quantitative estimate of drug-likeness (QED) is 0.915. The Morgan fingerprint density at radius 3 is 2.88 bits per heavy atom. The molecule has 2 aromatic rings. The Labute approximate surface area is 117 Å². The normalized spacial score (nSPS) is 10.5. The average molecular weight is 333 g/mol. The van der Waals surface area contributed by atoms with Crippen molar-refractivity contribution in [2.45, 2.75) is 19.9 Å². The highest BCUT2D eigenvalue weighted by atomic mass is 79.9. The number of halogens is 2. The highest BCUT2D eigenvalue weighted by Crippen LogP contribution is 2.24. The SMILES string of the molecule is CCc1nnc(NCc2ccc(Cl)c(Br)c2)s1. The number of rotatable bonds is 4. The largest absolute Gasteiger partial charge is 0.356 e. The van der Waals surface area contributed by atoms with E-state index >= 15 is 0 Å². The lowest BCUT2D eigenvalue weighted by Crippen LogP contribution is -1.98. The lowest BCUT2D eigenvalue weighted by molar-refractivity contribution is 0.975. The first-order chi connectivity index (χ1) is 8.19. The number of anilines is 1. The van der Waals surface area contributed by atoms with Crippen LogP contribution in [-0.2, 0) is 13.0 Å². The van der Waals surface area contributed by atoms with Gasteiger partial charge < -0.3 is 5.32 Å². The van der Waals surface area contributed by atoms with Crippen molar-refractivity contribution in [2.24, 2.45) is 0 Å². The van der Waals surface area contributed by atoms with E-state index < -0.39 is 0 Å². The van der Waals surface area contributed by atoms with E-state index in [9.17, 15) is 0 Å². The van der Waals surface area contributed by atoms with Crippen LogP contribution in [0.4, 0.5) is 5.13 Å². The van der Waals surface area contributed by atoms with Crippen molar-refractivity contribution in [3.8, 4) is 0 Å². The third kappa shape index (κ3) is 3.40. The summed E-state index contributed by atoms with van der Waals surface area (Å²) in [7, 11) is 0. The second kappa shape index (κ2) is 5.80. The van der Waals surface area contributed by atoms with E-state index in [1.54, 1.807) is 11.3 Å². The lowest BCUT2D eigenvalue weighted by atomic mass is 10.2. The van der Waals surface area contributed by atoms with Gasteiger partial charge in [0, 0.05) is 11.0 Å². The summed E-state index contributed by atoms with van der Waals surface area (Å²) in [6, 6.07) is 5.86. The van der Waals surface area contributed by atoms with Crippen LogP contribution in [0, 0.1) is 0 Å². The van der Waals surface area contributed by atoms with Gasteiger partial charge in [-0.15, -0.1) is 10.2 Å². The van der Waals surface area contributed by atoms with Crippen LogP contribution in [0.1, 0.15) is 17.5 Å². The molecule has 1 heterocycles. The van der Waals surface area contributed by atoms with E-state index in [-0.39, 0.29) is 0 Å². The maximum Gasteiger partial charge on any atom is 0.205 e. The zero-order valence-electron chi connectivity index (χ0n) is 9.20. The highest BCUT2D eigenvalue weighted by molar-refractivity contribution is 9.10. The van der Waals surface area contributed by atoms with Crippen LogP contribution < -0.4 is 5.32 Å². The monoisotopic (exact) mass is 331 g/mol. The summed E-state index contributed by atoms with van der Waals surface area (Å²) < 4.78 is 0.907. The topological polar surface area (TPSA) is 37.8 Å². The summed E-state index contributed by atoms with van der Waals surface area (Å²) in [5.41, 5.74) is 1.15. The molecule has 0 aliphatic heterocycles. The van der Waals surface area contributed by atoms with E-state index in [4.69, 9.17) is 11.6 Å². The standard InChI is InChI=1S/C11H11BrClN3S/c1-2-10-15-16-11(17-10)14-6-7-3-4-9(13)8(12)5-7/h3-5H,2,6H2,1H3,(H,14,16). The number of nitrogens with zero attached hydrogens (tertiary/aromatic N) is 2. The Hall–Kier alpha value is -0.650. The molecule has 1 aromatic heterocycles. The number of aryl methyl sites for hydroxylation is 1. The molecule has 1 aromatic carbocycles. The molecule has 0 unspecified atom stereocenters. The minimum absolute atomic E-state index is 0.716. The van der Waals surface area contributed by atoms with Crippen LogP contribution in [0.3, 0.4) is 0 Å². The van der Waals surface area contributed by atoms with Crippen molar-refractivity contribution in [1.29, 1.82) is 0 Å². The average Bonchev–Trinajstić information content (AvgIpc) is 2.79. The fourth-order valence-corrected chi connectivity index (χ4v) is 2.51. The van der Waals surface area contributed by atoms with Gasteiger partial charge in [-0.25, -0.2) is 0 Å². The van der Waals surface area contributed by atoms with E-state index in [2.05, 4.69) is 38.4 Å². The number of benzene rings is 1. The highest BCUT2D eigenvalue weighted by Gasteiger charge is 2.03. The predicted molar refractivity (Wildman–Crippen MR) is 75.8 cm³/mol. The summed E-state index contributed by atoms with van der Waals surface area (Å²) in [6.07, 6.45) is 0.922. The predicted octanol–water partition coefficient (Wildman–Crippen LogP) is 4.13. The molecule has 3 nitrogen and oxygen atoms in total. The molecule has 0 bridgehead atoms. The number of aromatic nitrogens is 2. The van der Waals surface area contributed by atoms with Crippen LogP contribution >= 0.6 is 38.9 Å². The van der Waals surface area contributed by atoms with Crippen molar-refractivity contribution in [1.82, 2.24) is 10.2 Å². The number of hydrogen-bond acceptors (Lipinski definition) is 4. The zero-order chi connectivity index (χ0) is 12.3. The lowest BCUT2D eigenvalue weighted by Gasteiger charge is -2.03. The minimum Gasteiger partial charge on any atom is -0.356 e. The molecular formula is C11H11BrClN3S. The van der Waals surface area contributed by atoms with Gasteiger partial charge >= 0.3 is 0 Å². The molecule has 2 rings (SSSR count). The van der Waals surface area contributed by atoms with Gasteiger partial charge in [0.05, 0.1) is 5.02 Å². The molecule has 0 atom stereocenters. The van der Waals surface area contributed by atoms with Gasteiger partial charge in [-0.1, -0.05) is 35.9 Å². The fraction of sp³-hybridized carbons (Fsp3) is 0.273. The summed E-state index contributed by atoms with van der Waals surface area (Å²) in [5, 5.41) is 14.0. The van der Waals surface area contributed by atoms with Gasteiger partial charge in [0.2, 0.25) is 5.13 Å². The van der Waals surface area contributed by atoms with E-state index in [1.807, 2.05) is 18.2 Å². The molecule has 0 fully saturated rings. The summed E-state index contributed by atoms with van der Waals surface area (Å²) in [4.78, 5) is 0. The first-order valence-corrected chi connectivity index (χ1v) is 7.18. The number of hydrogen-bond donors (Lipinski definition) is 1. The molecule has 0 saturated carbocycles. The maximum atomic E-state index is 5.93. The van der Waals surface area contributed by atoms with Crippen LogP contribution in [-0.4, -0.2) is 10.2 Å². The molecule has 0 amide bonds. The van der Waals surface area contributed by atoms with Crippen LogP contribution in [0.5, 0.6) is 0 Å². The third-order valence-corrected chi connectivity index (χ3v) is 4.44. The Bertz CT molecular complexity index is 515. The second-order valence-corrected chi connectivity index (χ2v) is 5.78. The zero-order valence-corrected chi connectivity index (χ0v) is 12.4. The minimum atomic E-state index is 0.716. The molecule has 0 aliphatic carbocycles. The molecule has 90 valence electrons. The van der Waals surface area contributed by atoms with Gasteiger partial charge in [0.1, 0.15) is 5.01 Å². The number of nitrogens with one attached hydrogen (secondary N) is 1. The van der Waals surface area contributed by atoms with Gasteiger partial charge in [-0.3, -0.25) is 0 Å². The molecule has 1 N–H and O–H groups in total. The molecule has 17 heavy (non-hydrogen) atoms. The Balaban J connectivity index is 1.99. The smallest absolute Gasteiger partial charge is 0.205 e. The Morgan fingerprint density at radius 1 is 1.41 bits per heavy atom. The van der Waals surface area contributed by atoms with Crippen molar-refractivity contribution < 1.29 is 0 Å². The molecular weight excluding hydrogens is 322 g/mol. The first kappa shape index (κ1) is 12.8. The van der Waals surface area contributed by atoms with Gasteiger partial charge in [0.25, 0.3) is 0 Å². The van der Waals surface area contributed by atoms with Gasteiger partial charge in [-0.05, 0) is 40.0 Å². The van der Waals surface area contributed by atoms with E-state index in [1.165, 1.54) is 0 Å². The third-order valence-electron chi connectivity index (χ3n) is 2.20. The van der Waals surface area contributed by atoms with Crippen LogP contribution in [0.15, 0.2) is 22.7 Å². The summed E-state index contributed by atoms with van der Waals surface area (Å²) in [6.45, 7) is 2.79. The molecule has 0 spiro atoms. The molecule has 0 aliphatic rings. The van der Waals surface area contributed by atoms with E-state index in [0.717, 1.165) is 31.6 Å². The Kier molecular flexibility index (Phi) is 4.36. The van der Waals surface area contributed by atoms with Gasteiger partial charge in [-0.2, -0.15) is 0 Å². The van der Waals surface area contributed by atoms with Crippen molar-refractivity contribution in [3.05, 3.63) is 38.3 Å². The Morgan fingerprint density at radius 2 is 2.24 bits per heavy atom. The van der Waals surface area contributed by atoms with Crippen molar-refractivity contribution in [2.75, 3.05) is 5.32 Å². The molecule has 0 radical (unpaired) electrons. The maximum absolute atomic E-state index is 5.93. The van der Waals surface area contributed by atoms with Gasteiger partial charge in [0.15, 0.2) is 0 Å².